The van der Waals surface area contributed by atoms with Crippen molar-refractivity contribution in [2.24, 2.45) is 5.73 Å². The number of nitrogens with one attached hydrogen (secondary N) is 2. The zero-order chi connectivity index (χ0) is 25.9. The van der Waals surface area contributed by atoms with E-state index in [-0.39, 0.29) is 88.3 Å². The quantitative estimate of drug-likeness (QED) is 0.212. The van der Waals surface area contributed by atoms with Gasteiger partial charge in [-0.15, -0.1) is 0 Å². The first kappa shape index (κ1) is 30.3. The van der Waals surface area contributed by atoms with E-state index >= 15 is 0 Å². The predicted molar refractivity (Wildman–Crippen MR) is 130 cm³/mol. The third-order valence-electron chi connectivity index (χ3n) is 4.69. The highest BCUT2D eigenvalue weighted by Crippen LogP contribution is 2.01. The standard InChI is InChI=1S/C23H36N6O5/c1-5-19(30)25-11-15-28(14-10-24)23(34)9-13-27(21(32)7-3)17-18-29(22(33)8-4)16-12-26-20(31)6-2/h5-8H,1-4,9-18,24H2,(H,25,30)(H,26,31). The molecule has 0 aliphatic rings. The Bertz CT molecular complexity index is 767. The fraction of sp³-hybridized carbons (Fsp3) is 0.435. The Morgan fingerprint density at radius 2 is 1.06 bits per heavy atom. The highest BCUT2D eigenvalue weighted by molar-refractivity contribution is 5.89. The molecule has 11 nitrogen and oxygen atoms in total. The molecule has 0 saturated carbocycles. The molecule has 0 radical (unpaired) electrons. The highest BCUT2D eigenvalue weighted by Gasteiger charge is 2.19. The Balaban J connectivity index is 5.00. The second-order valence-corrected chi connectivity index (χ2v) is 6.97. The van der Waals surface area contributed by atoms with Gasteiger partial charge >= 0.3 is 0 Å². The number of hydrogen-bond acceptors (Lipinski definition) is 6. The predicted octanol–water partition coefficient (Wildman–Crippen LogP) is -1.20. The minimum Gasteiger partial charge on any atom is -0.351 e. The Kier molecular flexibility index (Phi) is 15.8. The summed E-state index contributed by atoms with van der Waals surface area (Å²) in [7, 11) is 0. The summed E-state index contributed by atoms with van der Waals surface area (Å²) in [5, 5.41) is 5.18. The number of nitrogens with two attached hydrogens (primary N) is 1. The number of hydrogen-bond donors (Lipinski definition) is 3. The molecule has 0 unspecified atom stereocenters. The Hall–Kier alpha value is -3.73. The molecular formula is C23H36N6O5. The maximum Gasteiger partial charge on any atom is 0.246 e. The van der Waals surface area contributed by atoms with Crippen molar-refractivity contribution in [3.8, 4) is 0 Å². The number of rotatable bonds is 18. The lowest BCUT2D eigenvalue weighted by Gasteiger charge is -2.28. The zero-order valence-corrected chi connectivity index (χ0v) is 19.7. The molecule has 0 aliphatic heterocycles. The molecule has 11 heteroatoms. The van der Waals surface area contributed by atoms with Crippen LogP contribution in [-0.4, -0.2) is 103 Å². The Morgan fingerprint density at radius 3 is 1.47 bits per heavy atom. The SMILES string of the molecule is C=CC(=O)NCCN(CCN(CCC(=O)N(CCN)CCNC(=O)C=C)C(=O)C=C)C(=O)C=C. The van der Waals surface area contributed by atoms with E-state index in [1.807, 2.05) is 0 Å². The van der Waals surface area contributed by atoms with Crippen LogP contribution in [0.5, 0.6) is 0 Å². The minimum atomic E-state index is -0.387. The summed E-state index contributed by atoms with van der Waals surface area (Å²) >= 11 is 0. The van der Waals surface area contributed by atoms with Crippen molar-refractivity contribution in [3.05, 3.63) is 50.6 Å². The van der Waals surface area contributed by atoms with Gasteiger partial charge in [-0.25, -0.2) is 0 Å². The number of amides is 5. The van der Waals surface area contributed by atoms with Gasteiger partial charge in [0.1, 0.15) is 0 Å². The van der Waals surface area contributed by atoms with E-state index in [9.17, 15) is 24.0 Å². The summed E-state index contributed by atoms with van der Waals surface area (Å²) in [4.78, 5) is 64.1. The first-order chi connectivity index (χ1) is 16.2. The molecule has 34 heavy (non-hydrogen) atoms. The Morgan fingerprint density at radius 1 is 0.618 bits per heavy atom. The zero-order valence-electron chi connectivity index (χ0n) is 19.7. The van der Waals surface area contributed by atoms with Gasteiger partial charge in [0.15, 0.2) is 0 Å². The molecule has 188 valence electrons. The van der Waals surface area contributed by atoms with E-state index in [1.54, 1.807) is 0 Å². The molecule has 0 aromatic carbocycles. The third kappa shape index (κ3) is 12.3. The molecule has 0 bridgehead atoms. The van der Waals surface area contributed by atoms with Crippen molar-refractivity contribution in [1.82, 2.24) is 25.3 Å². The molecule has 5 amide bonds. The largest absolute Gasteiger partial charge is 0.351 e. The van der Waals surface area contributed by atoms with Crippen molar-refractivity contribution >= 4 is 29.5 Å². The van der Waals surface area contributed by atoms with Crippen LogP contribution in [0.15, 0.2) is 50.6 Å². The molecule has 0 atom stereocenters. The summed E-state index contributed by atoms with van der Waals surface area (Å²) in [6.07, 6.45) is 4.58. The first-order valence-corrected chi connectivity index (χ1v) is 10.8. The van der Waals surface area contributed by atoms with Crippen molar-refractivity contribution in [2.75, 3.05) is 58.9 Å². The molecule has 4 N–H and O–H groups in total. The van der Waals surface area contributed by atoms with Crippen molar-refractivity contribution in [2.45, 2.75) is 6.42 Å². The smallest absolute Gasteiger partial charge is 0.246 e. The minimum absolute atomic E-state index is 0.0276. The molecule has 0 fully saturated rings. The topological polar surface area (TPSA) is 145 Å². The van der Waals surface area contributed by atoms with Crippen LogP contribution in [0.1, 0.15) is 6.42 Å². The molecule has 0 spiro atoms. The van der Waals surface area contributed by atoms with Gasteiger partial charge in [-0.2, -0.15) is 0 Å². The van der Waals surface area contributed by atoms with E-state index in [1.165, 1.54) is 14.7 Å². The highest BCUT2D eigenvalue weighted by atomic mass is 16.2. The number of carbonyl (C=O) groups is 5. The summed E-state index contributed by atoms with van der Waals surface area (Å²) in [6.45, 7) is 15.6. The summed E-state index contributed by atoms with van der Waals surface area (Å²) < 4.78 is 0. The van der Waals surface area contributed by atoms with Gasteiger partial charge in [-0.05, 0) is 24.3 Å². The molecule has 0 saturated heterocycles. The lowest BCUT2D eigenvalue weighted by Crippen LogP contribution is -2.45. The van der Waals surface area contributed by atoms with E-state index < -0.39 is 0 Å². The number of nitrogens with zero attached hydrogens (tertiary/aromatic N) is 3. The Labute approximate surface area is 201 Å². The molecule has 0 aromatic rings. The maximum atomic E-state index is 12.7. The van der Waals surface area contributed by atoms with Crippen molar-refractivity contribution in [3.63, 3.8) is 0 Å². The van der Waals surface area contributed by atoms with Gasteiger partial charge in [0.2, 0.25) is 29.5 Å². The second-order valence-electron chi connectivity index (χ2n) is 6.97. The molecule has 0 rings (SSSR count). The summed E-state index contributed by atoms with van der Waals surface area (Å²) in [6, 6.07) is 0. The van der Waals surface area contributed by atoms with Gasteiger partial charge in [0, 0.05) is 65.3 Å². The fourth-order valence-electron chi connectivity index (χ4n) is 2.84. The van der Waals surface area contributed by atoms with Crippen molar-refractivity contribution < 1.29 is 24.0 Å². The van der Waals surface area contributed by atoms with Gasteiger partial charge in [-0.1, -0.05) is 26.3 Å². The second kappa shape index (κ2) is 17.8. The summed E-state index contributed by atoms with van der Waals surface area (Å²) in [5.74, 6) is -1.68. The van der Waals surface area contributed by atoms with Crippen LogP contribution in [0.25, 0.3) is 0 Å². The van der Waals surface area contributed by atoms with Crippen LogP contribution < -0.4 is 16.4 Å². The molecular weight excluding hydrogens is 440 g/mol. The van der Waals surface area contributed by atoms with Crippen LogP contribution in [0.4, 0.5) is 0 Å². The van der Waals surface area contributed by atoms with Gasteiger partial charge in [0.05, 0.1) is 0 Å². The molecule has 0 aromatic heterocycles. The average Bonchev–Trinajstić information content (AvgIpc) is 2.85. The lowest BCUT2D eigenvalue weighted by molar-refractivity contribution is -0.134. The molecule has 0 heterocycles. The van der Waals surface area contributed by atoms with E-state index in [4.69, 9.17) is 5.73 Å². The van der Waals surface area contributed by atoms with E-state index in [2.05, 4.69) is 36.9 Å². The number of carbonyl (C=O) groups excluding carboxylic acids is 5. The van der Waals surface area contributed by atoms with Crippen LogP contribution >= 0.6 is 0 Å². The summed E-state index contributed by atoms with van der Waals surface area (Å²) in [5.41, 5.74) is 5.59. The normalized spacial score (nSPS) is 9.79. The first-order valence-electron chi connectivity index (χ1n) is 10.8. The van der Waals surface area contributed by atoms with E-state index in [0.717, 1.165) is 24.3 Å². The monoisotopic (exact) mass is 476 g/mol. The molecule has 0 aliphatic carbocycles. The van der Waals surface area contributed by atoms with Crippen LogP contribution in [0.2, 0.25) is 0 Å². The van der Waals surface area contributed by atoms with Crippen molar-refractivity contribution in [1.29, 1.82) is 0 Å². The maximum absolute atomic E-state index is 12.7. The average molecular weight is 477 g/mol. The van der Waals surface area contributed by atoms with Gasteiger partial charge in [-0.3, -0.25) is 24.0 Å². The fourth-order valence-corrected chi connectivity index (χ4v) is 2.84. The van der Waals surface area contributed by atoms with Crippen LogP contribution in [0.3, 0.4) is 0 Å². The van der Waals surface area contributed by atoms with Crippen LogP contribution in [-0.2, 0) is 24.0 Å². The van der Waals surface area contributed by atoms with Gasteiger partial charge < -0.3 is 31.1 Å². The van der Waals surface area contributed by atoms with Crippen LogP contribution in [0, 0.1) is 0 Å². The lowest BCUT2D eigenvalue weighted by atomic mass is 10.3. The van der Waals surface area contributed by atoms with E-state index in [0.29, 0.717) is 6.54 Å². The third-order valence-corrected chi connectivity index (χ3v) is 4.69. The van der Waals surface area contributed by atoms with Gasteiger partial charge in [0.25, 0.3) is 0 Å².